The molecule has 0 saturated carbocycles. The Balaban J connectivity index is 1.44. The number of hydrogen-bond acceptors (Lipinski definition) is 6. The standard InChI is InChI=1S/C24H25N5O3S/c1-17-14-28(16-24(30)27-23-7-3-6-22-21(23)5-4-12-26-22)15-18(2)29(17)33(31,32)20-10-8-19(13-25)9-11-20/h3-12,17-18H,14-16H2,1-2H3,(H,27,30). The van der Waals surface area contributed by atoms with Crippen molar-refractivity contribution in [2.24, 2.45) is 0 Å². The van der Waals surface area contributed by atoms with Gasteiger partial charge in [0.1, 0.15) is 0 Å². The summed E-state index contributed by atoms with van der Waals surface area (Å²) < 4.78 is 28.0. The van der Waals surface area contributed by atoms with Crippen LogP contribution in [0.25, 0.3) is 10.9 Å². The van der Waals surface area contributed by atoms with Gasteiger partial charge >= 0.3 is 0 Å². The van der Waals surface area contributed by atoms with Crippen LogP contribution < -0.4 is 5.32 Å². The molecular formula is C24H25N5O3S. The van der Waals surface area contributed by atoms with Gasteiger partial charge < -0.3 is 5.32 Å². The first-order chi connectivity index (χ1) is 15.8. The summed E-state index contributed by atoms with van der Waals surface area (Å²) >= 11 is 0. The highest BCUT2D eigenvalue weighted by Crippen LogP contribution is 2.26. The van der Waals surface area contributed by atoms with Crippen LogP contribution >= 0.6 is 0 Å². The van der Waals surface area contributed by atoms with E-state index in [1.165, 1.54) is 28.6 Å². The van der Waals surface area contributed by atoms with E-state index >= 15 is 0 Å². The minimum absolute atomic E-state index is 0.158. The Labute approximate surface area is 193 Å². The number of anilines is 1. The molecule has 1 aliphatic rings. The Kier molecular flexibility index (Phi) is 6.42. The zero-order chi connectivity index (χ0) is 23.6. The number of carbonyl (C=O) groups excluding carboxylic acids is 1. The summed E-state index contributed by atoms with van der Waals surface area (Å²) in [5.74, 6) is -0.158. The van der Waals surface area contributed by atoms with Crippen molar-refractivity contribution in [1.29, 1.82) is 5.26 Å². The molecule has 3 aromatic rings. The van der Waals surface area contributed by atoms with Crippen LogP contribution in [0, 0.1) is 11.3 Å². The molecule has 0 bridgehead atoms. The molecule has 9 heteroatoms. The predicted octanol–water partition coefficient (Wildman–Crippen LogP) is 2.83. The smallest absolute Gasteiger partial charge is 0.243 e. The highest BCUT2D eigenvalue weighted by atomic mass is 32.2. The second-order valence-electron chi connectivity index (χ2n) is 8.29. The first-order valence-corrected chi connectivity index (χ1v) is 12.1. The molecule has 1 amide bonds. The van der Waals surface area contributed by atoms with Crippen LogP contribution in [0.3, 0.4) is 0 Å². The van der Waals surface area contributed by atoms with Crippen LogP contribution in [0.5, 0.6) is 0 Å². The largest absolute Gasteiger partial charge is 0.324 e. The Morgan fingerprint density at radius 3 is 2.45 bits per heavy atom. The van der Waals surface area contributed by atoms with Crippen molar-refractivity contribution in [1.82, 2.24) is 14.2 Å². The monoisotopic (exact) mass is 463 g/mol. The summed E-state index contributed by atoms with van der Waals surface area (Å²) in [6.07, 6.45) is 1.71. The lowest BCUT2D eigenvalue weighted by Crippen LogP contribution is -2.59. The molecule has 2 aromatic carbocycles. The predicted molar refractivity (Wildman–Crippen MR) is 126 cm³/mol. The number of carbonyl (C=O) groups is 1. The molecule has 8 nitrogen and oxygen atoms in total. The number of benzene rings is 2. The molecular weight excluding hydrogens is 438 g/mol. The van der Waals surface area contributed by atoms with Crippen molar-refractivity contribution in [2.45, 2.75) is 30.8 Å². The van der Waals surface area contributed by atoms with Crippen molar-refractivity contribution in [3.63, 3.8) is 0 Å². The van der Waals surface area contributed by atoms with Crippen LogP contribution in [-0.4, -0.2) is 60.2 Å². The third-order valence-corrected chi connectivity index (χ3v) is 7.90. The molecule has 1 aliphatic heterocycles. The normalized spacial score (nSPS) is 19.8. The fraction of sp³-hybridized carbons (Fsp3) is 0.292. The van der Waals surface area contributed by atoms with Gasteiger partial charge in [-0.2, -0.15) is 9.57 Å². The van der Waals surface area contributed by atoms with Crippen LogP contribution in [-0.2, 0) is 14.8 Å². The number of amides is 1. The minimum Gasteiger partial charge on any atom is -0.324 e. The van der Waals surface area contributed by atoms with Gasteiger partial charge in [-0.3, -0.25) is 14.7 Å². The van der Waals surface area contributed by atoms with Gasteiger partial charge in [0, 0.05) is 36.8 Å². The maximum atomic E-state index is 13.2. The van der Waals surface area contributed by atoms with Crippen LogP contribution in [0.4, 0.5) is 5.69 Å². The fourth-order valence-corrected chi connectivity index (χ4v) is 6.25. The second kappa shape index (κ2) is 9.27. The average Bonchev–Trinajstić information content (AvgIpc) is 2.78. The van der Waals surface area contributed by atoms with Gasteiger partial charge in [0.25, 0.3) is 0 Å². The number of aromatic nitrogens is 1. The molecule has 0 radical (unpaired) electrons. The van der Waals surface area contributed by atoms with Gasteiger partial charge in [0.05, 0.1) is 34.3 Å². The van der Waals surface area contributed by atoms with Crippen molar-refractivity contribution < 1.29 is 13.2 Å². The molecule has 1 fully saturated rings. The lowest BCUT2D eigenvalue weighted by atomic mass is 10.1. The zero-order valence-corrected chi connectivity index (χ0v) is 19.3. The molecule has 170 valence electrons. The summed E-state index contributed by atoms with van der Waals surface area (Å²) in [7, 11) is -3.72. The number of pyridine rings is 1. The van der Waals surface area contributed by atoms with Gasteiger partial charge in [0.15, 0.2) is 0 Å². The van der Waals surface area contributed by atoms with E-state index in [2.05, 4.69) is 10.3 Å². The highest BCUT2D eigenvalue weighted by Gasteiger charge is 2.38. The van der Waals surface area contributed by atoms with Gasteiger partial charge in [-0.15, -0.1) is 0 Å². The summed E-state index contributed by atoms with van der Waals surface area (Å²) in [5, 5.41) is 12.8. The van der Waals surface area contributed by atoms with Gasteiger partial charge in [-0.05, 0) is 62.4 Å². The van der Waals surface area contributed by atoms with Crippen molar-refractivity contribution >= 4 is 32.5 Å². The highest BCUT2D eigenvalue weighted by molar-refractivity contribution is 7.89. The third-order valence-electron chi connectivity index (χ3n) is 5.76. The minimum atomic E-state index is -3.72. The lowest BCUT2D eigenvalue weighted by Gasteiger charge is -2.43. The van der Waals surface area contributed by atoms with Crippen molar-refractivity contribution in [2.75, 3.05) is 25.0 Å². The van der Waals surface area contributed by atoms with Gasteiger partial charge in [-0.25, -0.2) is 8.42 Å². The number of fused-ring (bicyclic) bond motifs is 1. The molecule has 0 spiro atoms. The van der Waals surface area contributed by atoms with E-state index in [-0.39, 0.29) is 29.4 Å². The number of hydrogen-bond donors (Lipinski definition) is 1. The van der Waals surface area contributed by atoms with E-state index in [4.69, 9.17) is 5.26 Å². The SMILES string of the molecule is CC1CN(CC(=O)Nc2cccc3ncccc23)CC(C)N1S(=O)(=O)c1ccc(C#N)cc1. The third kappa shape index (κ3) is 4.73. The first kappa shape index (κ1) is 22.9. The number of nitriles is 1. The van der Waals surface area contributed by atoms with E-state index in [0.29, 0.717) is 24.3 Å². The molecule has 4 rings (SSSR count). The van der Waals surface area contributed by atoms with E-state index in [9.17, 15) is 13.2 Å². The number of nitrogens with one attached hydrogen (secondary N) is 1. The molecule has 1 saturated heterocycles. The maximum absolute atomic E-state index is 13.2. The average molecular weight is 464 g/mol. The number of rotatable bonds is 5. The van der Waals surface area contributed by atoms with E-state index in [0.717, 1.165) is 10.9 Å². The fourth-order valence-electron chi connectivity index (χ4n) is 4.45. The van der Waals surface area contributed by atoms with E-state index in [1.54, 1.807) is 6.20 Å². The van der Waals surface area contributed by atoms with Gasteiger partial charge in [-0.1, -0.05) is 6.07 Å². The summed E-state index contributed by atoms with van der Waals surface area (Å²) in [6.45, 7) is 4.72. The molecule has 1 N–H and O–H groups in total. The Hall–Kier alpha value is -3.32. The molecule has 2 unspecified atom stereocenters. The molecule has 2 atom stereocenters. The Bertz CT molecular complexity index is 1300. The lowest BCUT2D eigenvalue weighted by molar-refractivity contribution is -0.118. The van der Waals surface area contributed by atoms with E-state index < -0.39 is 10.0 Å². The second-order valence-corrected chi connectivity index (χ2v) is 10.1. The zero-order valence-electron chi connectivity index (χ0n) is 18.5. The first-order valence-electron chi connectivity index (χ1n) is 10.7. The van der Waals surface area contributed by atoms with Crippen LogP contribution in [0.15, 0.2) is 65.7 Å². The molecule has 2 heterocycles. The Morgan fingerprint density at radius 2 is 1.79 bits per heavy atom. The van der Waals surface area contributed by atoms with E-state index in [1.807, 2.05) is 55.1 Å². The quantitative estimate of drug-likeness (QED) is 0.624. The summed E-state index contributed by atoms with van der Waals surface area (Å²) in [5.41, 5.74) is 1.92. The number of piperazine rings is 1. The maximum Gasteiger partial charge on any atom is 0.243 e. The van der Waals surface area contributed by atoms with Crippen molar-refractivity contribution in [3.05, 3.63) is 66.4 Å². The molecule has 0 aliphatic carbocycles. The summed E-state index contributed by atoms with van der Waals surface area (Å²) in [6, 6.07) is 16.6. The van der Waals surface area contributed by atoms with Crippen molar-refractivity contribution in [3.8, 4) is 6.07 Å². The summed E-state index contributed by atoms with van der Waals surface area (Å²) in [4.78, 5) is 19.2. The van der Waals surface area contributed by atoms with Crippen LogP contribution in [0.1, 0.15) is 19.4 Å². The van der Waals surface area contributed by atoms with Gasteiger partial charge in [0.2, 0.25) is 15.9 Å². The number of nitrogens with zero attached hydrogens (tertiary/aromatic N) is 4. The molecule has 33 heavy (non-hydrogen) atoms. The number of sulfonamides is 1. The Morgan fingerprint density at radius 1 is 1.09 bits per heavy atom. The topological polar surface area (TPSA) is 106 Å². The van der Waals surface area contributed by atoms with Crippen LogP contribution in [0.2, 0.25) is 0 Å². The molecule has 1 aromatic heterocycles.